The summed E-state index contributed by atoms with van der Waals surface area (Å²) in [6.45, 7) is 0. The first kappa shape index (κ1) is 8.70. The molecule has 0 amide bonds. The molecule has 2 N–H and O–H groups in total. The molecule has 2 rings (SSSR count). The van der Waals surface area contributed by atoms with Gasteiger partial charge in [-0.2, -0.15) is 0 Å². The minimum atomic E-state index is 0.586. The van der Waals surface area contributed by atoms with Crippen LogP contribution in [-0.4, -0.2) is 7.11 Å². The van der Waals surface area contributed by atoms with Crippen LogP contribution < -0.4 is 10.5 Å². The Kier molecular flexibility index (Phi) is 2.08. The van der Waals surface area contributed by atoms with E-state index >= 15 is 0 Å². The molecule has 0 atom stereocenters. The van der Waals surface area contributed by atoms with Crippen LogP contribution in [-0.2, 0) is 0 Å². The lowest BCUT2D eigenvalue weighted by Gasteiger charge is -2.09. The lowest BCUT2D eigenvalue weighted by Crippen LogP contribution is -1.94. The van der Waals surface area contributed by atoms with E-state index in [1.807, 2.05) is 6.07 Å². The summed E-state index contributed by atoms with van der Waals surface area (Å²) in [5.74, 6) is 1.50. The number of hydrogen-bond acceptors (Lipinski definition) is 2. The summed E-state index contributed by atoms with van der Waals surface area (Å²) in [4.78, 5) is 0. The molecule has 1 fully saturated rings. The molecule has 0 heterocycles. The lowest BCUT2D eigenvalue weighted by molar-refractivity contribution is 0.410. The molecule has 0 saturated heterocycles. The van der Waals surface area contributed by atoms with Crippen LogP contribution in [0.15, 0.2) is 12.1 Å². The topological polar surface area (TPSA) is 35.2 Å². The molecule has 0 bridgehead atoms. The minimum Gasteiger partial charge on any atom is -0.496 e. The number of nitrogen functional groups attached to an aromatic ring is 1. The number of ether oxygens (including phenoxy) is 1. The van der Waals surface area contributed by atoms with Crippen molar-refractivity contribution in [3.63, 3.8) is 0 Å². The van der Waals surface area contributed by atoms with Crippen LogP contribution in [0.1, 0.15) is 24.3 Å². The molecule has 0 aromatic heterocycles. The summed E-state index contributed by atoms with van der Waals surface area (Å²) < 4.78 is 5.24. The fraction of sp³-hybridized carbons (Fsp3) is 0.400. The van der Waals surface area contributed by atoms with Gasteiger partial charge < -0.3 is 10.5 Å². The fourth-order valence-corrected chi connectivity index (χ4v) is 1.65. The molecule has 70 valence electrons. The summed E-state index contributed by atoms with van der Waals surface area (Å²) in [5, 5.41) is 0.628. The maximum Gasteiger partial charge on any atom is 0.124 e. The molecule has 0 unspecified atom stereocenters. The quantitative estimate of drug-likeness (QED) is 0.740. The Morgan fingerprint density at radius 3 is 2.69 bits per heavy atom. The van der Waals surface area contributed by atoms with E-state index in [2.05, 4.69) is 0 Å². The number of anilines is 1. The normalized spacial score (nSPS) is 15.8. The number of methoxy groups -OCH3 is 1. The van der Waals surface area contributed by atoms with Gasteiger partial charge in [0.25, 0.3) is 0 Å². The standard InChI is InChI=1S/C10H12ClNO/c1-13-10-5-9(12)8(11)4-7(10)6-2-3-6/h4-6H,2-3,12H2,1H3. The first-order valence-electron chi connectivity index (χ1n) is 4.35. The zero-order valence-electron chi connectivity index (χ0n) is 7.51. The third-order valence-electron chi connectivity index (χ3n) is 2.37. The monoisotopic (exact) mass is 197 g/mol. The second kappa shape index (κ2) is 3.11. The molecular weight excluding hydrogens is 186 g/mol. The first-order chi connectivity index (χ1) is 6.22. The van der Waals surface area contributed by atoms with Crippen LogP contribution in [0.5, 0.6) is 5.75 Å². The van der Waals surface area contributed by atoms with E-state index in [0.29, 0.717) is 16.6 Å². The summed E-state index contributed by atoms with van der Waals surface area (Å²) in [6, 6.07) is 3.73. The average Bonchev–Trinajstić information content (AvgIpc) is 2.92. The van der Waals surface area contributed by atoms with Crippen molar-refractivity contribution in [3.05, 3.63) is 22.7 Å². The van der Waals surface area contributed by atoms with E-state index in [4.69, 9.17) is 22.1 Å². The van der Waals surface area contributed by atoms with Crippen molar-refractivity contribution in [2.45, 2.75) is 18.8 Å². The van der Waals surface area contributed by atoms with Gasteiger partial charge in [0, 0.05) is 6.07 Å². The average molecular weight is 198 g/mol. The Hall–Kier alpha value is -0.890. The molecule has 0 spiro atoms. The molecular formula is C10H12ClNO. The van der Waals surface area contributed by atoms with Gasteiger partial charge in [0.05, 0.1) is 17.8 Å². The Bertz CT molecular complexity index is 334. The second-order valence-electron chi connectivity index (χ2n) is 3.39. The lowest BCUT2D eigenvalue weighted by atomic mass is 10.1. The van der Waals surface area contributed by atoms with Crippen molar-refractivity contribution >= 4 is 17.3 Å². The van der Waals surface area contributed by atoms with E-state index in [0.717, 1.165) is 5.75 Å². The smallest absolute Gasteiger partial charge is 0.124 e. The predicted molar refractivity (Wildman–Crippen MR) is 54.4 cm³/mol. The zero-order chi connectivity index (χ0) is 9.42. The largest absolute Gasteiger partial charge is 0.496 e. The maximum atomic E-state index is 5.93. The zero-order valence-corrected chi connectivity index (χ0v) is 8.27. The number of nitrogens with two attached hydrogens (primary N) is 1. The highest BCUT2D eigenvalue weighted by molar-refractivity contribution is 6.33. The van der Waals surface area contributed by atoms with Crippen molar-refractivity contribution < 1.29 is 4.74 Å². The van der Waals surface area contributed by atoms with Crippen LogP contribution in [0.25, 0.3) is 0 Å². The first-order valence-corrected chi connectivity index (χ1v) is 4.73. The van der Waals surface area contributed by atoms with Gasteiger partial charge in [-0.25, -0.2) is 0 Å². The SMILES string of the molecule is COc1cc(N)c(Cl)cc1C1CC1. The number of benzene rings is 1. The molecule has 2 nitrogen and oxygen atoms in total. The van der Waals surface area contributed by atoms with E-state index in [1.54, 1.807) is 13.2 Å². The van der Waals surface area contributed by atoms with E-state index in [1.165, 1.54) is 18.4 Å². The van der Waals surface area contributed by atoms with E-state index in [-0.39, 0.29) is 0 Å². The van der Waals surface area contributed by atoms with E-state index < -0.39 is 0 Å². The Labute approximate surface area is 82.6 Å². The predicted octanol–water partition coefficient (Wildman–Crippen LogP) is 2.81. The van der Waals surface area contributed by atoms with Gasteiger partial charge in [0.15, 0.2) is 0 Å². The van der Waals surface area contributed by atoms with Crippen molar-refractivity contribution in [1.82, 2.24) is 0 Å². The summed E-state index contributed by atoms with van der Waals surface area (Å²) in [6.07, 6.45) is 2.47. The van der Waals surface area contributed by atoms with Gasteiger partial charge >= 0.3 is 0 Å². The maximum absolute atomic E-state index is 5.93. The third-order valence-corrected chi connectivity index (χ3v) is 2.69. The van der Waals surface area contributed by atoms with Gasteiger partial charge in [-0.05, 0) is 30.4 Å². The molecule has 0 aliphatic heterocycles. The number of halogens is 1. The molecule has 1 aliphatic rings. The number of hydrogen-bond donors (Lipinski definition) is 1. The van der Waals surface area contributed by atoms with Crippen molar-refractivity contribution in [1.29, 1.82) is 0 Å². The van der Waals surface area contributed by atoms with Crippen LogP contribution in [0.3, 0.4) is 0 Å². The minimum absolute atomic E-state index is 0.586. The van der Waals surface area contributed by atoms with Crippen LogP contribution in [0.2, 0.25) is 5.02 Å². The molecule has 3 heteroatoms. The molecule has 1 saturated carbocycles. The van der Waals surface area contributed by atoms with Crippen molar-refractivity contribution in [3.8, 4) is 5.75 Å². The fourth-order valence-electron chi connectivity index (χ4n) is 1.47. The van der Waals surface area contributed by atoms with Crippen LogP contribution in [0.4, 0.5) is 5.69 Å². The Balaban J connectivity index is 2.46. The van der Waals surface area contributed by atoms with Gasteiger partial charge in [-0.3, -0.25) is 0 Å². The highest BCUT2D eigenvalue weighted by Crippen LogP contribution is 2.46. The Morgan fingerprint density at radius 2 is 2.15 bits per heavy atom. The van der Waals surface area contributed by atoms with Gasteiger partial charge in [0.1, 0.15) is 5.75 Å². The Morgan fingerprint density at radius 1 is 1.46 bits per heavy atom. The van der Waals surface area contributed by atoms with Gasteiger partial charge in [-0.15, -0.1) is 0 Å². The van der Waals surface area contributed by atoms with Crippen molar-refractivity contribution in [2.24, 2.45) is 0 Å². The van der Waals surface area contributed by atoms with Gasteiger partial charge in [-0.1, -0.05) is 11.6 Å². The molecule has 0 radical (unpaired) electrons. The van der Waals surface area contributed by atoms with Crippen LogP contribution in [0, 0.1) is 0 Å². The summed E-state index contributed by atoms with van der Waals surface area (Å²) in [5.41, 5.74) is 7.46. The second-order valence-corrected chi connectivity index (χ2v) is 3.80. The van der Waals surface area contributed by atoms with E-state index in [9.17, 15) is 0 Å². The molecule has 1 aromatic carbocycles. The summed E-state index contributed by atoms with van der Waals surface area (Å²) >= 11 is 5.93. The highest BCUT2D eigenvalue weighted by Gasteiger charge is 2.27. The molecule has 1 aromatic rings. The highest BCUT2D eigenvalue weighted by atomic mass is 35.5. The third kappa shape index (κ3) is 1.59. The number of rotatable bonds is 2. The van der Waals surface area contributed by atoms with Crippen molar-refractivity contribution in [2.75, 3.05) is 12.8 Å². The molecule has 1 aliphatic carbocycles. The molecule has 13 heavy (non-hydrogen) atoms. The summed E-state index contributed by atoms with van der Waals surface area (Å²) in [7, 11) is 1.66. The van der Waals surface area contributed by atoms with Crippen LogP contribution >= 0.6 is 11.6 Å². The van der Waals surface area contributed by atoms with Gasteiger partial charge in [0.2, 0.25) is 0 Å².